The number of amides is 1. The lowest BCUT2D eigenvalue weighted by Crippen LogP contribution is -2.39. The van der Waals surface area contributed by atoms with E-state index in [2.05, 4.69) is 10.3 Å². The molecule has 0 aliphatic carbocycles. The molecule has 3 heterocycles. The number of hydrogen-bond donors (Lipinski definition) is 1. The number of halogens is 1. The molecular formula is C14H15FN4O4. The van der Waals surface area contributed by atoms with Crippen LogP contribution in [0.25, 0.3) is 0 Å². The number of nitrogens with zero attached hydrogens (tertiary/aromatic N) is 4. The van der Waals surface area contributed by atoms with E-state index in [1.54, 1.807) is 10.9 Å². The number of alkyl halides is 1. The lowest BCUT2D eigenvalue weighted by Gasteiger charge is -2.16. The molecule has 0 bridgehead atoms. The van der Waals surface area contributed by atoms with Gasteiger partial charge in [-0.1, -0.05) is 5.16 Å². The van der Waals surface area contributed by atoms with Gasteiger partial charge in [-0.3, -0.25) is 9.48 Å². The molecule has 1 N–H and O–H groups in total. The number of hydrogen-bond acceptors (Lipinski definition) is 5. The van der Waals surface area contributed by atoms with Crippen molar-refractivity contribution in [2.75, 3.05) is 13.1 Å². The molecule has 0 saturated carbocycles. The van der Waals surface area contributed by atoms with Crippen LogP contribution in [0.1, 0.15) is 28.2 Å². The van der Waals surface area contributed by atoms with Crippen LogP contribution in [0.4, 0.5) is 4.39 Å². The highest BCUT2D eigenvalue weighted by Gasteiger charge is 2.47. The molecule has 2 aromatic heterocycles. The number of carboxylic acids is 1. The Hall–Kier alpha value is -2.71. The monoisotopic (exact) mass is 322 g/mol. The Labute approximate surface area is 130 Å². The van der Waals surface area contributed by atoms with Gasteiger partial charge in [-0.25, -0.2) is 9.18 Å². The Morgan fingerprint density at radius 1 is 1.52 bits per heavy atom. The van der Waals surface area contributed by atoms with Gasteiger partial charge < -0.3 is 14.5 Å². The molecule has 0 aromatic carbocycles. The summed E-state index contributed by atoms with van der Waals surface area (Å²) in [6, 6.07) is 1.46. The highest BCUT2D eigenvalue weighted by atomic mass is 19.1. The maximum atomic E-state index is 14.0. The van der Waals surface area contributed by atoms with E-state index in [4.69, 9.17) is 9.63 Å². The van der Waals surface area contributed by atoms with Crippen LogP contribution in [0.5, 0.6) is 0 Å². The van der Waals surface area contributed by atoms with Crippen molar-refractivity contribution in [3.63, 3.8) is 0 Å². The second-order valence-corrected chi connectivity index (χ2v) is 5.64. The molecule has 122 valence electrons. The summed E-state index contributed by atoms with van der Waals surface area (Å²) in [6.07, 6.45) is 3.28. The average Bonchev–Trinajstić information content (AvgIpc) is 3.20. The summed E-state index contributed by atoms with van der Waals surface area (Å²) >= 11 is 0. The van der Waals surface area contributed by atoms with E-state index in [9.17, 15) is 14.0 Å². The van der Waals surface area contributed by atoms with Crippen LogP contribution < -0.4 is 0 Å². The molecule has 1 aliphatic rings. The fourth-order valence-corrected chi connectivity index (χ4v) is 2.48. The number of aryl methyl sites for hydroxylation is 1. The number of carboxylic acid groups (broad SMARTS) is 1. The summed E-state index contributed by atoms with van der Waals surface area (Å²) in [4.78, 5) is 24.3. The minimum Gasteiger partial charge on any atom is -0.479 e. The van der Waals surface area contributed by atoms with E-state index in [0.717, 1.165) is 10.5 Å². The maximum Gasteiger partial charge on any atom is 0.343 e. The minimum absolute atomic E-state index is 0.0264. The van der Waals surface area contributed by atoms with E-state index in [-0.39, 0.29) is 18.7 Å². The van der Waals surface area contributed by atoms with Gasteiger partial charge in [0.2, 0.25) is 5.67 Å². The Kier molecular flexibility index (Phi) is 3.63. The molecule has 1 aliphatic heterocycles. The van der Waals surface area contributed by atoms with Crippen molar-refractivity contribution in [3.05, 3.63) is 35.5 Å². The molecule has 8 nitrogen and oxygen atoms in total. The lowest BCUT2D eigenvalue weighted by molar-refractivity contribution is -0.149. The number of aromatic nitrogens is 3. The summed E-state index contributed by atoms with van der Waals surface area (Å²) in [6.45, 7) is 1.76. The lowest BCUT2D eigenvalue weighted by atomic mass is 10.1. The van der Waals surface area contributed by atoms with Gasteiger partial charge >= 0.3 is 5.97 Å². The molecule has 1 amide bonds. The van der Waals surface area contributed by atoms with Gasteiger partial charge in [0.1, 0.15) is 6.54 Å². The van der Waals surface area contributed by atoms with Crippen LogP contribution in [-0.2, 0) is 11.3 Å². The van der Waals surface area contributed by atoms with Gasteiger partial charge in [0.25, 0.3) is 5.91 Å². The molecule has 1 atom stereocenters. The van der Waals surface area contributed by atoms with Gasteiger partial charge in [-0.2, -0.15) is 5.10 Å². The second-order valence-electron chi connectivity index (χ2n) is 5.64. The summed E-state index contributed by atoms with van der Waals surface area (Å²) in [5.41, 5.74) is -1.38. The molecule has 9 heteroatoms. The van der Waals surface area contributed by atoms with Crippen LogP contribution in [-0.4, -0.2) is 55.6 Å². The van der Waals surface area contributed by atoms with Crippen molar-refractivity contribution < 1.29 is 23.6 Å². The largest absolute Gasteiger partial charge is 0.479 e. The standard InChI is InChI=1S/C14H15FN4O4/c1-9-5-16-19(6-9)7-10-4-11(17-23-10)12(20)18-3-2-14(15,8-18)13(21)22/h4-6H,2-3,7-8H2,1H3,(H,21,22). The third-order valence-corrected chi connectivity index (χ3v) is 3.75. The summed E-state index contributed by atoms with van der Waals surface area (Å²) in [5.74, 6) is -1.67. The van der Waals surface area contributed by atoms with Crippen molar-refractivity contribution >= 4 is 11.9 Å². The first kappa shape index (κ1) is 15.2. The number of carbonyl (C=O) groups is 2. The first-order valence-corrected chi connectivity index (χ1v) is 7.04. The van der Waals surface area contributed by atoms with Crippen molar-refractivity contribution in [2.45, 2.75) is 25.6 Å². The van der Waals surface area contributed by atoms with E-state index in [1.807, 2.05) is 13.1 Å². The fraction of sp³-hybridized carbons (Fsp3) is 0.429. The molecule has 2 aromatic rings. The molecule has 1 unspecified atom stereocenters. The minimum atomic E-state index is -2.39. The Morgan fingerprint density at radius 3 is 2.91 bits per heavy atom. The number of carbonyl (C=O) groups excluding carboxylic acids is 1. The van der Waals surface area contributed by atoms with Crippen LogP contribution in [0.2, 0.25) is 0 Å². The SMILES string of the molecule is Cc1cnn(Cc2cc(C(=O)N3CCC(F)(C(=O)O)C3)no2)c1. The van der Waals surface area contributed by atoms with Gasteiger partial charge in [0, 0.05) is 25.2 Å². The zero-order valence-electron chi connectivity index (χ0n) is 12.4. The number of likely N-dealkylation sites (tertiary alicyclic amines) is 1. The highest BCUT2D eigenvalue weighted by molar-refractivity contribution is 5.93. The van der Waals surface area contributed by atoms with E-state index in [0.29, 0.717) is 12.3 Å². The molecule has 3 rings (SSSR count). The van der Waals surface area contributed by atoms with Crippen molar-refractivity contribution in [1.29, 1.82) is 0 Å². The quantitative estimate of drug-likeness (QED) is 0.896. The van der Waals surface area contributed by atoms with E-state index >= 15 is 0 Å². The van der Waals surface area contributed by atoms with Gasteiger partial charge in [0.15, 0.2) is 11.5 Å². The normalized spacial score (nSPS) is 20.9. The number of aliphatic carboxylic acids is 1. The van der Waals surface area contributed by atoms with Crippen molar-refractivity contribution in [1.82, 2.24) is 19.8 Å². The molecule has 23 heavy (non-hydrogen) atoms. The average molecular weight is 322 g/mol. The first-order valence-electron chi connectivity index (χ1n) is 7.04. The fourth-order valence-electron chi connectivity index (χ4n) is 2.48. The summed E-state index contributed by atoms with van der Waals surface area (Å²) in [7, 11) is 0. The topological polar surface area (TPSA) is 101 Å². The predicted octanol–water partition coefficient (Wildman–Crippen LogP) is 0.867. The van der Waals surface area contributed by atoms with Crippen LogP contribution in [0.3, 0.4) is 0 Å². The zero-order valence-corrected chi connectivity index (χ0v) is 12.4. The molecule has 0 radical (unpaired) electrons. The van der Waals surface area contributed by atoms with Crippen molar-refractivity contribution in [2.24, 2.45) is 0 Å². The first-order chi connectivity index (χ1) is 10.9. The number of rotatable bonds is 4. The molecule has 1 saturated heterocycles. The van der Waals surface area contributed by atoms with Crippen molar-refractivity contribution in [3.8, 4) is 0 Å². The van der Waals surface area contributed by atoms with E-state index < -0.39 is 24.1 Å². The maximum absolute atomic E-state index is 14.0. The van der Waals surface area contributed by atoms with Gasteiger partial charge in [-0.05, 0) is 12.5 Å². The molecule has 0 spiro atoms. The van der Waals surface area contributed by atoms with Gasteiger partial charge in [-0.15, -0.1) is 0 Å². The smallest absolute Gasteiger partial charge is 0.343 e. The molecular weight excluding hydrogens is 307 g/mol. The van der Waals surface area contributed by atoms with Crippen LogP contribution >= 0.6 is 0 Å². The summed E-state index contributed by atoms with van der Waals surface area (Å²) < 4.78 is 20.7. The Bertz CT molecular complexity index is 756. The highest BCUT2D eigenvalue weighted by Crippen LogP contribution is 2.27. The third kappa shape index (κ3) is 2.94. The third-order valence-electron chi connectivity index (χ3n) is 3.75. The zero-order chi connectivity index (χ0) is 16.6. The predicted molar refractivity (Wildman–Crippen MR) is 74.6 cm³/mol. The Morgan fingerprint density at radius 2 is 2.30 bits per heavy atom. The van der Waals surface area contributed by atoms with E-state index in [1.165, 1.54) is 6.07 Å². The summed E-state index contributed by atoms with van der Waals surface area (Å²) in [5, 5.41) is 16.6. The molecule has 1 fully saturated rings. The Balaban J connectivity index is 1.68. The van der Waals surface area contributed by atoms with Crippen LogP contribution in [0.15, 0.2) is 23.0 Å². The second kappa shape index (κ2) is 5.49. The van der Waals surface area contributed by atoms with Crippen LogP contribution in [0, 0.1) is 6.92 Å². The van der Waals surface area contributed by atoms with Gasteiger partial charge in [0.05, 0.1) is 12.7 Å².